The van der Waals surface area contributed by atoms with Gasteiger partial charge in [0, 0.05) is 16.3 Å². The SMILES string of the molecule is CC(O)c1ccc(SC(C)C(C)O)cn1. The molecule has 0 radical (unpaired) electrons. The van der Waals surface area contributed by atoms with Gasteiger partial charge in [-0.25, -0.2) is 0 Å². The number of hydrogen-bond donors (Lipinski definition) is 2. The van der Waals surface area contributed by atoms with E-state index < -0.39 is 6.10 Å². The van der Waals surface area contributed by atoms with Crippen molar-refractivity contribution in [1.29, 1.82) is 0 Å². The Hall–Kier alpha value is -0.580. The van der Waals surface area contributed by atoms with E-state index in [0.717, 1.165) is 4.90 Å². The molecule has 15 heavy (non-hydrogen) atoms. The van der Waals surface area contributed by atoms with Gasteiger partial charge in [-0.1, -0.05) is 6.92 Å². The van der Waals surface area contributed by atoms with Gasteiger partial charge in [0.2, 0.25) is 0 Å². The van der Waals surface area contributed by atoms with Crippen LogP contribution in [0.2, 0.25) is 0 Å². The fraction of sp³-hybridized carbons (Fsp3) is 0.545. The van der Waals surface area contributed by atoms with Gasteiger partial charge < -0.3 is 10.2 Å². The van der Waals surface area contributed by atoms with Crippen molar-refractivity contribution in [3.8, 4) is 0 Å². The number of hydrogen-bond acceptors (Lipinski definition) is 4. The quantitative estimate of drug-likeness (QED) is 0.772. The minimum atomic E-state index is -0.529. The van der Waals surface area contributed by atoms with Crippen molar-refractivity contribution in [2.45, 2.75) is 43.1 Å². The second-order valence-electron chi connectivity index (χ2n) is 3.66. The van der Waals surface area contributed by atoms with Crippen LogP contribution in [0.4, 0.5) is 0 Å². The molecule has 4 heteroatoms. The molecular formula is C11H17NO2S. The van der Waals surface area contributed by atoms with E-state index in [4.69, 9.17) is 0 Å². The first kappa shape index (κ1) is 12.5. The second kappa shape index (κ2) is 5.49. The molecule has 1 aromatic heterocycles. The molecule has 0 saturated heterocycles. The van der Waals surface area contributed by atoms with Crippen LogP contribution in [-0.4, -0.2) is 26.6 Å². The maximum atomic E-state index is 9.34. The fourth-order valence-electron chi connectivity index (χ4n) is 1.02. The summed E-state index contributed by atoms with van der Waals surface area (Å²) in [6.07, 6.45) is 0.857. The maximum Gasteiger partial charge on any atom is 0.0931 e. The monoisotopic (exact) mass is 227 g/mol. The van der Waals surface area contributed by atoms with Gasteiger partial charge in [0.25, 0.3) is 0 Å². The van der Waals surface area contributed by atoms with E-state index in [1.165, 1.54) is 0 Å². The molecule has 0 fully saturated rings. The van der Waals surface area contributed by atoms with Crippen molar-refractivity contribution >= 4 is 11.8 Å². The van der Waals surface area contributed by atoms with Crippen LogP contribution in [0.1, 0.15) is 32.6 Å². The zero-order valence-corrected chi connectivity index (χ0v) is 10.0. The van der Waals surface area contributed by atoms with Gasteiger partial charge in [-0.15, -0.1) is 11.8 Å². The van der Waals surface area contributed by atoms with Crippen molar-refractivity contribution in [3.63, 3.8) is 0 Å². The van der Waals surface area contributed by atoms with E-state index in [0.29, 0.717) is 5.69 Å². The van der Waals surface area contributed by atoms with E-state index in [1.807, 2.05) is 19.1 Å². The number of aliphatic hydroxyl groups is 2. The molecule has 84 valence electrons. The van der Waals surface area contributed by atoms with Crippen LogP contribution in [-0.2, 0) is 0 Å². The molecule has 0 aromatic carbocycles. The molecule has 0 aliphatic rings. The molecule has 0 spiro atoms. The summed E-state index contributed by atoms with van der Waals surface area (Å²) in [6.45, 7) is 5.43. The molecule has 1 rings (SSSR count). The van der Waals surface area contributed by atoms with Gasteiger partial charge in [0.1, 0.15) is 0 Å². The average Bonchev–Trinajstić information content (AvgIpc) is 2.18. The zero-order valence-electron chi connectivity index (χ0n) is 9.21. The molecular weight excluding hydrogens is 210 g/mol. The Labute approximate surface area is 94.6 Å². The van der Waals surface area contributed by atoms with Crippen molar-refractivity contribution in [2.24, 2.45) is 0 Å². The Kier molecular flexibility index (Phi) is 4.57. The lowest BCUT2D eigenvalue weighted by Crippen LogP contribution is -2.14. The standard InChI is InChI=1S/C11H17NO2S/c1-7(13)9(3)15-10-4-5-11(8(2)14)12-6-10/h4-9,13-14H,1-3H3. The van der Waals surface area contributed by atoms with E-state index in [2.05, 4.69) is 4.98 Å². The summed E-state index contributed by atoms with van der Waals surface area (Å²) in [4.78, 5) is 5.15. The first-order valence-corrected chi connectivity index (χ1v) is 5.87. The van der Waals surface area contributed by atoms with E-state index in [-0.39, 0.29) is 11.4 Å². The normalized spacial score (nSPS) is 17.1. The molecule has 1 heterocycles. The van der Waals surface area contributed by atoms with Crippen LogP contribution in [0, 0.1) is 0 Å². The molecule has 2 N–H and O–H groups in total. The van der Waals surface area contributed by atoms with Crippen LogP contribution in [0.15, 0.2) is 23.2 Å². The third-order valence-electron chi connectivity index (χ3n) is 2.19. The lowest BCUT2D eigenvalue weighted by atomic mass is 10.2. The largest absolute Gasteiger partial charge is 0.392 e. The third kappa shape index (κ3) is 3.81. The molecule has 3 nitrogen and oxygen atoms in total. The van der Waals surface area contributed by atoms with Gasteiger partial charge >= 0.3 is 0 Å². The molecule has 3 atom stereocenters. The Morgan fingerprint density at radius 1 is 1.20 bits per heavy atom. The van der Waals surface area contributed by atoms with Crippen molar-refractivity contribution in [2.75, 3.05) is 0 Å². The number of nitrogens with zero attached hydrogens (tertiary/aromatic N) is 1. The van der Waals surface area contributed by atoms with Crippen LogP contribution in [0.5, 0.6) is 0 Å². The molecule has 0 aliphatic heterocycles. The summed E-state index contributed by atoms with van der Waals surface area (Å²) < 4.78 is 0. The highest BCUT2D eigenvalue weighted by Gasteiger charge is 2.10. The Morgan fingerprint density at radius 3 is 2.27 bits per heavy atom. The number of rotatable bonds is 4. The average molecular weight is 227 g/mol. The van der Waals surface area contributed by atoms with Crippen LogP contribution < -0.4 is 0 Å². The van der Waals surface area contributed by atoms with E-state index >= 15 is 0 Å². The van der Waals surface area contributed by atoms with Crippen LogP contribution in [0.25, 0.3) is 0 Å². The summed E-state index contributed by atoms with van der Waals surface area (Å²) in [5.41, 5.74) is 0.670. The molecule has 0 aliphatic carbocycles. The predicted octanol–water partition coefficient (Wildman–Crippen LogP) is 2.00. The summed E-state index contributed by atoms with van der Waals surface area (Å²) in [5, 5.41) is 18.8. The Balaban J connectivity index is 2.64. The summed E-state index contributed by atoms with van der Waals surface area (Å²) in [5.74, 6) is 0. The molecule has 0 saturated carbocycles. The zero-order chi connectivity index (χ0) is 11.4. The van der Waals surface area contributed by atoms with Crippen LogP contribution in [0.3, 0.4) is 0 Å². The van der Waals surface area contributed by atoms with Gasteiger partial charge in [-0.2, -0.15) is 0 Å². The predicted molar refractivity (Wildman–Crippen MR) is 61.9 cm³/mol. The highest BCUT2D eigenvalue weighted by atomic mass is 32.2. The minimum Gasteiger partial charge on any atom is -0.392 e. The lowest BCUT2D eigenvalue weighted by molar-refractivity contribution is 0.194. The number of aliphatic hydroxyl groups excluding tert-OH is 2. The first-order valence-electron chi connectivity index (χ1n) is 4.99. The van der Waals surface area contributed by atoms with Crippen molar-refractivity contribution in [1.82, 2.24) is 4.98 Å². The Morgan fingerprint density at radius 2 is 1.87 bits per heavy atom. The smallest absolute Gasteiger partial charge is 0.0931 e. The second-order valence-corrected chi connectivity index (χ2v) is 5.11. The van der Waals surface area contributed by atoms with Crippen molar-refractivity contribution < 1.29 is 10.2 Å². The summed E-state index contributed by atoms with van der Waals surface area (Å²) >= 11 is 1.58. The van der Waals surface area contributed by atoms with Crippen molar-refractivity contribution in [3.05, 3.63) is 24.0 Å². The molecule has 0 amide bonds. The molecule has 0 bridgehead atoms. The minimum absolute atomic E-state index is 0.143. The van der Waals surface area contributed by atoms with Gasteiger partial charge in [-0.05, 0) is 26.0 Å². The van der Waals surface area contributed by atoms with Crippen LogP contribution >= 0.6 is 11.8 Å². The van der Waals surface area contributed by atoms with E-state index in [9.17, 15) is 10.2 Å². The fourth-order valence-corrected chi connectivity index (χ4v) is 1.91. The number of thioether (sulfide) groups is 1. The van der Waals surface area contributed by atoms with E-state index in [1.54, 1.807) is 31.8 Å². The summed E-state index contributed by atoms with van der Waals surface area (Å²) in [7, 11) is 0. The maximum absolute atomic E-state index is 9.34. The highest BCUT2D eigenvalue weighted by molar-refractivity contribution is 8.00. The number of aromatic nitrogens is 1. The third-order valence-corrected chi connectivity index (χ3v) is 3.47. The molecule has 3 unspecified atom stereocenters. The Bertz CT molecular complexity index is 298. The summed E-state index contributed by atoms with van der Waals surface area (Å²) in [6, 6.07) is 3.72. The van der Waals surface area contributed by atoms with Gasteiger partial charge in [0.15, 0.2) is 0 Å². The topological polar surface area (TPSA) is 53.4 Å². The first-order chi connectivity index (χ1) is 7.00. The lowest BCUT2D eigenvalue weighted by Gasteiger charge is -2.14. The highest BCUT2D eigenvalue weighted by Crippen LogP contribution is 2.25. The number of pyridine rings is 1. The van der Waals surface area contributed by atoms with Gasteiger partial charge in [-0.3, -0.25) is 4.98 Å². The van der Waals surface area contributed by atoms with Gasteiger partial charge in [0.05, 0.1) is 17.9 Å². The molecule has 1 aromatic rings.